The molecule has 2 fully saturated rings. The molecule has 2 amide bonds. The zero-order chi connectivity index (χ0) is 17.1. The van der Waals surface area contributed by atoms with E-state index >= 15 is 0 Å². The lowest BCUT2D eigenvalue weighted by Crippen LogP contribution is -2.52. The number of carbonyl (C=O) groups excluding carboxylic acids is 1. The van der Waals surface area contributed by atoms with E-state index in [1.807, 2.05) is 17.0 Å². The average molecular weight is 357 g/mol. The van der Waals surface area contributed by atoms with E-state index < -0.39 is 0 Å². The van der Waals surface area contributed by atoms with Crippen molar-refractivity contribution in [3.63, 3.8) is 0 Å². The highest BCUT2D eigenvalue weighted by molar-refractivity contribution is 7.09. The van der Waals surface area contributed by atoms with Crippen LogP contribution in [0.15, 0.2) is 36.0 Å². The topological polar surface area (TPSA) is 61.4 Å². The second-order valence-corrected chi connectivity index (χ2v) is 7.75. The molecule has 1 aliphatic carbocycles. The first-order chi connectivity index (χ1) is 12.3. The molecule has 3 heterocycles. The van der Waals surface area contributed by atoms with Crippen molar-refractivity contribution < 1.29 is 4.79 Å². The standard InChI is InChI=1S/C18H23N5OS/c24-18(23(15-6-7-15)13-16-5-2-11-25-16)21-14-4-1-10-22(12-14)17-19-8-3-9-20-17/h2-3,5,8-9,11,14-15H,1,4,6-7,10,12-13H2,(H,21,24). The van der Waals surface area contributed by atoms with Crippen molar-refractivity contribution in [1.82, 2.24) is 20.2 Å². The summed E-state index contributed by atoms with van der Waals surface area (Å²) < 4.78 is 0. The van der Waals surface area contributed by atoms with E-state index in [1.54, 1.807) is 23.7 Å². The maximum atomic E-state index is 12.8. The van der Waals surface area contributed by atoms with Crippen molar-refractivity contribution in [2.75, 3.05) is 18.0 Å². The van der Waals surface area contributed by atoms with E-state index in [0.717, 1.165) is 44.7 Å². The molecular formula is C18H23N5OS. The Morgan fingerprint density at radius 2 is 2.12 bits per heavy atom. The number of aromatic nitrogens is 2. The van der Waals surface area contributed by atoms with Gasteiger partial charge in [0.25, 0.3) is 0 Å². The maximum Gasteiger partial charge on any atom is 0.318 e. The second kappa shape index (κ2) is 7.39. The van der Waals surface area contributed by atoms with E-state index in [9.17, 15) is 4.79 Å². The number of amides is 2. The Labute approximate surface area is 151 Å². The van der Waals surface area contributed by atoms with Crippen LogP contribution in [-0.4, -0.2) is 46.1 Å². The van der Waals surface area contributed by atoms with Gasteiger partial charge in [0, 0.05) is 42.4 Å². The van der Waals surface area contributed by atoms with Crippen molar-refractivity contribution >= 4 is 23.3 Å². The highest BCUT2D eigenvalue weighted by Crippen LogP contribution is 2.29. The minimum absolute atomic E-state index is 0.0664. The summed E-state index contributed by atoms with van der Waals surface area (Å²) in [5.41, 5.74) is 0. The van der Waals surface area contributed by atoms with Gasteiger partial charge in [-0.2, -0.15) is 0 Å². The quantitative estimate of drug-likeness (QED) is 0.894. The maximum absolute atomic E-state index is 12.8. The number of thiophene rings is 1. The molecule has 2 aromatic heterocycles. The Morgan fingerprint density at radius 1 is 1.28 bits per heavy atom. The summed E-state index contributed by atoms with van der Waals surface area (Å²) >= 11 is 1.71. The first-order valence-corrected chi connectivity index (χ1v) is 9.79. The van der Waals surface area contributed by atoms with Gasteiger partial charge in [0.1, 0.15) is 0 Å². The molecule has 1 N–H and O–H groups in total. The minimum atomic E-state index is 0.0664. The van der Waals surface area contributed by atoms with Crippen LogP contribution in [0.4, 0.5) is 10.7 Å². The molecule has 1 aliphatic heterocycles. The molecule has 7 heteroatoms. The SMILES string of the molecule is O=C(NC1CCCN(c2ncccn2)C1)N(Cc1cccs1)C1CC1. The summed E-state index contributed by atoms with van der Waals surface area (Å²) in [7, 11) is 0. The second-order valence-electron chi connectivity index (χ2n) is 6.72. The van der Waals surface area contributed by atoms with Gasteiger partial charge in [-0.1, -0.05) is 6.07 Å². The highest BCUT2D eigenvalue weighted by Gasteiger charge is 2.34. The zero-order valence-corrected chi connectivity index (χ0v) is 15.0. The van der Waals surface area contributed by atoms with Crippen LogP contribution in [0, 0.1) is 0 Å². The molecule has 132 valence electrons. The summed E-state index contributed by atoms with van der Waals surface area (Å²) in [6, 6.07) is 6.58. The third-order valence-corrected chi connectivity index (χ3v) is 5.60. The largest absolute Gasteiger partial charge is 0.339 e. The fraction of sp³-hybridized carbons (Fsp3) is 0.500. The van der Waals surface area contributed by atoms with Gasteiger partial charge in [0.05, 0.1) is 6.54 Å². The molecule has 1 unspecified atom stereocenters. The summed E-state index contributed by atoms with van der Waals surface area (Å²) in [6.07, 6.45) is 7.81. The molecule has 4 rings (SSSR count). The lowest BCUT2D eigenvalue weighted by Gasteiger charge is -2.34. The first kappa shape index (κ1) is 16.3. The van der Waals surface area contributed by atoms with Crippen LogP contribution >= 0.6 is 11.3 Å². The Balaban J connectivity index is 1.37. The third kappa shape index (κ3) is 4.10. The molecule has 1 saturated carbocycles. The van der Waals surface area contributed by atoms with E-state index in [4.69, 9.17) is 0 Å². The minimum Gasteiger partial charge on any atom is -0.339 e. The third-order valence-electron chi connectivity index (χ3n) is 4.74. The fourth-order valence-electron chi connectivity index (χ4n) is 3.31. The number of rotatable bonds is 5. The van der Waals surface area contributed by atoms with Crippen molar-refractivity contribution in [3.05, 3.63) is 40.8 Å². The molecule has 0 aromatic carbocycles. The molecule has 25 heavy (non-hydrogen) atoms. The van der Waals surface area contributed by atoms with E-state index in [2.05, 4.69) is 31.6 Å². The van der Waals surface area contributed by atoms with Gasteiger partial charge in [0.15, 0.2) is 0 Å². The molecule has 2 aliphatic rings. The highest BCUT2D eigenvalue weighted by atomic mass is 32.1. The molecule has 1 saturated heterocycles. The summed E-state index contributed by atoms with van der Waals surface area (Å²) in [4.78, 5) is 26.9. The molecule has 6 nitrogen and oxygen atoms in total. The fourth-order valence-corrected chi connectivity index (χ4v) is 4.01. The molecule has 2 aromatic rings. The Bertz CT molecular complexity index is 689. The Hall–Kier alpha value is -2.15. The van der Waals surface area contributed by atoms with Crippen molar-refractivity contribution in [2.24, 2.45) is 0 Å². The number of urea groups is 1. The Kier molecular flexibility index (Phi) is 4.83. The van der Waals surface area contributed by atoms with Gasteiger partial charge in [-0.15, -0.1) is 11.3 Å². The number of nitrogens with zero attached hydrogens (tertiary/aromatic N) is 4. The molecule has 0 spiro atoms. The summed E-state index contributed by atoms with van der Waals surface area (Å²) in [5.74, 6) is 0.749. The van der Waals surface area contributed by atoms with Gasteiger partial charge in [-0.25, -0.2) is 14.8 Å². The number of carbonyl (C=O) groups is 1. The van der Waals surface area contributed by atoms with Gasteiger partial charge >= 0.3 is 6.03 Å². The monoisotopic (exact) mass is 357 g/mol. The number of nitrogens with one attached hydrogen (secondary N) is 1. The van der Waals surface area contributed by atoms with Crippen molar-refractivity contribution in [3.8, 4) is 0 Å². The zero-order valence-electron chi connectivity index (χ0n) is 14.2. The normalized spacial score (nSPS) is 20.3. The van der Waals surface area contributed by atoms with Gasteiger partial charge in [-0.3, -0.25) is 0 Å². The average Bonchev–Trinajstić information content (AvgIpc) is 3.36. The number of anilines is 1. The number of hydrogen-bond donors (Lipinski definition) is 1. The van der Waals surface area contributed by atoms with Crippen molar-refractivity contribution in [1.29, 1.82) is 0 Å². The van der Waals surface area contributed by atoms with Crippen LogP contribution in [0.25, 0.3) is 0 Å². The summed E-state index contributed by atoms with van der Waals surface area (Å²) in [6.45, 7) is 2.43. The molecule has 0 radical (unpaired) electrons. The smallest absolute Gasteiger partial charge is 0.318 e. The Morgan fingerprint density at radius 3 is 2.84 bits per heavy atom. The van der Waals surface area contributed by atoms with Crippen LogP contribution < -0.4 is 10.2 Å². The lowest BCUT2D eigenvalue weighted by molar-refractivity contribution is 0.186. The number of hydrogen-bond acceptors (Lipinski definition) is 5. The number of piperidine rings is 1. The first-order valence-electron chi connectivity index (χ1n) is 8.91. The predicted molar refractivity (Wildman–Crippen MR) is 98.7 cm³/mol. The van der Waals surface area contributed by atoms with Crippen LogP contribution in [0.3, 0.4) is 0 Å². The van der Waals surface area contributed by atoms with Crippen LogP contribution in [0.1, 0.15) is 30.6 Å². The molecular weight excluding hydrogens is 334 g/mol. The van der Waals surface area contributed by atoms with Crippen molar-refractivity contribution in [2.45, 2.75) is 44.3 Å². The van der Waals surface area contributed by atoms with Gasteiger partial charge in [-0.05, 0) is 43.2 Å². The lowest BCUT2D eigenvalue weighted by atomic mass is 10.1. The summed E-state index contributed by atoms with van der Waals surface area (Å²) in [5, 5.41) is 5.31. The van der Waals surface area contributed by atoms with Crippen LogP contribution in [0.5, 0.6) is 0 Å². The van der Waals surface area contributed by atoms with E-state index in [1.165, 1.54) is 4.88 Å². The van der Waals surface area contributed by atoms with E-state index in [0.29, 0.717) is 12.6 Å². The predicted octanol–water partition coefficient (Wildman–Crippen LogP) is 2.88. The van der Waals surface area contributed by atoms with Gasteiger partial charge in [0.2, 0.25) is 5.95 Å². The van der Waals surface area contributed by atoms with Crippen LogP contribution in [-0.2, 0) is 6.54 Å². The molecule has 1 atom stereocenters. The molecule has 0 bridgehead atoms. The van der Waals surface area contributed by atoms with E-state index in [-0.39, 0.29) is 12.1 Å². The van der Waals surface area contributed by atoms with Crippen LogP contribution in [0.2, 0.25) is 0 Å². The van der Waals surface area contributed by atoms with Gasteiger partial charge < -0.3 is 15.1 Å².